The van der Waals surface area contributed by atoms with Gasteiger partial charge in [0.2, 0.25) is 0 Å². The number of rotatable bonds is 8. The van der Waals surface area contributed by atoms with Crippen molar-refractivity contribution in [1.29, 1.82) is 0 Å². The number of thioether (sulfide) groups is 1. The molecule has 0 aromatic heterocycles. The molecule has 1 aromatic carbocycles. The van der Waals surface area contributed by atoms with E-state index in [1.54, 1.807) is 0 Å². The van der Waals surface area contributed by atoms with Crippen molar-refractivity contribution in [3.8, 4) is 0 Å². The van der Waals surface area contributed by atoms with Gasteiger partial charge in [0.1, 0.15) is 0 Å². The Morgan fingerprint density at radius 2 is 2.00 bits per heavy atom. The van der Waals surface area contributed by atoms with Crippen molar-refractivity contribution in [1.82, 2.24) is 5.32 Å². The molecule has 1 aromatic rings. The second-order valence-electron chi connectivity index (χ2n) is 5.40. The van der Waals surface area contributed by atoms with E-state index in [1.807, 2.05) is 11.8 Å². The Bertz CT molecular complexity index is 343. The minimum Gasteiger partial charge on any atom is -0.313 e. The standard InChI is InChI=1S/C16H25NS/c1-3-17-15(9-8-14-6-7-14)12-18-16-10-4-13(2)5-11-16/h4-5,10-11,14-15,17H,3,6-9,12H2,1-2H3. The van der Waals surface area contributed by atoms with Crippen LogP contribution in [-0.2, 0) is 0 Å². The molecule has 0 spiro atoms. The Morgan fingerprint density at radius 3 is 2.61 bits per heavy atom. The lowest BCUT2D eigenvalue weighted by Crippen LogP contribution is -2.31. The SMILES string of the molecule is CCNC(CCC1CC1)CSc1ccc(C)cc1. The summed E-state index contributed by atoms with van der Waals surface area (Å²) in [6.45, 7) is 5.44. The minimum atomic E-state index is 0.682. The molecule has 2 heteroatoms. The zero-order valence-electron chi connectivity index (χ0n) is 11.6. The molecule has 1 N–H and O–H groups in total. The summed E-state index contributed by atoms with van der Waals surface area (Å²) in [6, 6.07) is 9.57. The van der Waals surface area contributed by atoms with Gasteiger partial charge in [0.15, 0.2) is 0 Å². The predicted molar refractivity (Wildman–Crippen MR) is 81.3 cm³/mol. The minimum absolute atomic E-state index is 0.682. The molecular formula is C16H25NS. The van der Waals surface area contributed by atoms with Crippen molar-refractivity contribution in [2.75, 3.05) is 12.3 Å². The highest BCUT2D eigenvalue weighted by molar-refractivity contribution is 7.99. The van der Waals surface area contributed by atoms with Crippen LogP contribution in [0.15, 0.2) is 29.2 Å². The van der Waals surface area contributed by atoms with Crippen LogP contribution in [0.3, 0.4) is 0 Å². The summed E-state index contributed by atoms with van der Waals surface area (Å²) in [5.74, 6) is 2.25. The average Bonchev–Trinajstić information content (AvgIpc) is 3.19. The van der Waals surface area contributed by atoms with Gasteiger partial charge in [-0.2, -0.15) is 0 Å². The average molecular weight is 263 g/mol. The maximum atomic E-state index is 3.63. The zero-order chi connectivity index (χ0) is 12.8. The fourth-order valence-electron chi connectivity index (χ4n) is 2.21. The molecule has 0 radical (unpaired) electrons. The third-order valence-corrected chi connectivity index (χ3v) is 4.76. The molecule has 2 rings (SSSR count). The molecular weight excluding hydrogens is 238 g/mol. The van der Waals surface area contributed by atoms with Gasteiger partial charge in [-0.25, -0.2) is 0 Å². The van der Waals surface area contributed by atoms with Gasteiger partial charge in [-0.15, -0.1) is 11.8 Å². The van der Waals surface area contributed by atoms with Gasteiger partial charge < -0.3 is 5.32 Å². The molecule has 100 valence electrons. The van der Waals surface area contributed by atoms with Crippen molar-refractivity contribution >= 4 is 11.8 Å². The maximum Gasteiger partial charge on any atom is 0.0161 e. The quantitative estimate of drug-likeness (QED) is 0.704. The van der Waals surface area contributed by atoms with E-state index in [0.29, 0.717) is 6.04 Å². The largest absolute Gasteiger partial charge is 0.313 e. The second-order valence-corrected chi connectivity index (χ2v) is 6.49. The molecule has 0 heterocycles. The fraction of sp³-hybridized carbons (Fsp3) is 0.625. The van der Waals surface area contributed by atoms with E-state index in [9.17, 15) is 0 Å². The van der Waals surface area contributed by atoms with Crippen molar-refractivity contribution in [3.63, 3.8) is 0 Å². The van der Waals surface area contributed by atoms with Crippen LogP contribution in [0.5, 0.6) is 0 Å². The number of hydrogen-bond donors (Lipinski definition) is 1. The molecule has 1 saturated carbocycles. The Balaban J connectivity index is 1.74. The van der Waals surface area contributed by atoms with Crippen LogP contribution < -0.4 is 5.32 Å². The lowest BCUT2D eigenvalue weighted by atomic mass is 10.1. The van der Waals surface area contributed by atoms with Gasteiger partial charge in [-0.05, 0) is 44.4 Å². The van der Waals surface area contributed by atoms with Crippen LogP contribution in [0, 0.1) is 12.8 Å². The number of nitrogens with one attached hydrogen (secondary N) is 1. The highest BCUT2D eigenvalue weighted by atomic mass is 32.2. The molecule has 0 aliphatic heterocycles. The van der Waals surface area contributed by atoms with Crippen LogP contribution in [-0.4, -0.2) is 18.3 Å². The van der Waals surface area contributed by atoms with Crippen LogP contribution >= 0.6 is 11.8 Å². The summed E-state index contributed by atoms with van der Waals surface area (Å²) in [4.78, 5) is 1.40. The highest BCUT2D eigenvalue weighted by Crippen LogP contribution is 2.34. The summed E-state index contributed by atoms with van der Waals surface area (Å²) in [6.07, 6.45) is 5.72. The third-order valence-electron chi connectivity index (χ3n) is 3.59. The smallest absolute Gasteiger partial charge is 0.0161 e. The highest BCUT2D eigenvalue weighted by Gasteiger charge is 2.22. The van der Waals surface area contributed by atoms with Gasteiger partial charge in [-0.1, -0.05) is 37.5 Å². The van der Waals surface area contributed by atoms with Crippen LogP contribution in [0.25, 0.3) is 0 Å². The van der Waals surface area contributed by atoms with E-state index in [-0.39, 0.29) is 0 Å². The first kappa shape index (κ1) is 14.0. The summed E-state index contributed by atoms with van der Waals surface area (Å²) in [7, 11) is 0. The Labute approximate surface area is 116 Å². The fourth-order valence-corrected chi connectivity index (χ4v) is 3.21. The van der Waals surface area contributed by atoms with Gasteiger partial charge >= 0.3 is 0 Å². The molecule has 1 nitrogen and oxygen atoms in total. The molecule has 0 amide bonds. The number of hydrogen-bond acceptors (Lipinski definition) is 2. The third kappa shape index (κ3) is 5.03. The molecule has 1 aliphatic carbocycles. The Morgan fingerprint density at radius 1 is 1.28 bits per heavy atom. The van der Waals surface area contributed by atoms with Crippen LogP contribution in [0.4, 0.5) is 0 Å². The normalized spacial score (nSPS) is 16.8. The Hall–Kier alpha value is -0.470. The molecule has 0 saturated heterocycles. The van der Waals surface area contributed by atoms with Crippen molar-refractivity contribution in [3.05, 3.63) is 29.8 Å². The lowest BCUT2D eigenvalue weighted by molar-refractivity contribution is 0.501. The van der Waals surface area contributed by atoms with Crippen molar-refractivity contribution in [2.24, 2.45) is 5.92 Å². The van der Waals surface area contributed by atoms with Gasteiger partial charge in [0, 0.05) is 16.7 Å². The van der Waals surface area contributed by atoms with Gasteiger partial charge in [0.25, 0.3) is 0 Å². The van der Waals surface area contributed by atoms with E-state index >= 15 is 0 Å². The maximum absolute atomic E-state index is 3.63. The van der Waals surface area contributed by atoms with Gasteiger partial charge in [-0.3, -0.25) is 0 Å². The van der Waals surface area contributed by atoms with Crippen molar-refractivity contribution < 1.29 is 0 Å². The summed E-state index contributed by atoms with van der Waals surface area (Å²) >= 11 is 1.99. The van der Waals surface area contributed by atoms with Crippen LogP contribution in [0.2, 0.25) is 0 Å². The van der Waals surface area contributed by atoms with E-state index in [2.05, 4.69) is 43.4 Å². The molecule has 0 bridgehead atoms. The lowest BCUT2D eigenvalue weighted by Gasteiger charge is -2.17. The molecule has 1 atom stereocenters. The molecule has 1 fully saturated rings. The zero-order valence-corrected chi connectivity index (χ0v) is 12.4. The second kappa shape index (κ2) is 7.20. The summed E-state index contributed by atoms with van der Waals surface area (Å²) in [5, 5.41) is 3.63. The number of benzene rings is 1. The van der Waals surface area contributed by atoms with E-state index in [1.165, 1.54) is 41.9 Å². The Kier molecular flexibility index (Phi) is 5.58. The molecule has 1 aliphatic rings. The van der Waals surface area contributed by atoms with Gasteiger partial charge in [0.05, 0.1) is 0 Å². The molecule has 18 heavy (non-hydrogen) atoms. The first-order valence-corrected chi connectivity index (χ1v) is 8.19. The van der Waals surface area contributed by atoms with E-state index < -0.39 is 0 Å². The van der Waals surface area contributed by atoms with E-state index in [4.69, 9.17) is 0 Å². The number of aryl methyl sites for hydroxylation is 1. The summed E-state index contributed by atoms with van der Waals surface area (Å²) < 4.78 is 0. The van der Waals surface area contributed by atoms with Crippen LogP contribution in [0.1, 0.15) is 38.2 Å². The monoisotopic (exact) mass is 263 g/mol. The predicted octanol–water partition coefficient (Wildman–Crippen LogP) is 4.26. The topological polar surface area (TPSA) is 12.0 Å². The molecule has 1 unspecified atom stereocenters. The first-order valence-electron chi connectivity index (χ1n) is 7.20. The summed E-state index contributed by atoms with van der Waals surface area (Å²) in [5.41, 5.74) is 1.34. The van der Waals surface area contributed by atoms with E-state index in [0.717, 1.165) is 12.5 Å². The van der Waals surface area contributed by atoms with Crippen molar-refractivity contribution in [2.45, 2.75) is 50.5 Å². The first-order chi connectivity index (χ1) is 8.78.